The summed E-state index contributed by atoms with van der Waals surface area (Å²) in [6.45, 7) is 7.63. The Kier molecular flexibility index (Phi) is 4.36. The minimum absolute atomic E-state index is 0.0301. The Morgan fingerprint density at radius 3 is 2.83 bits per heavy atom. The fourth-order valence-electron chi connectivity index (χ4n) is 2.31. The van der Waals surface area contributed by atoms with Gasteiger partial charge in [-0.3, -0.25) is 4.79 Å². The highest BCUT2D eigenvalue weighted by Gasteiger charge is 2.25. The van der Waals surface area contributed by atoms with Gasteiger partial charge in [-0.05, 0) is 38.8 Å². The lowest BCUT2D eigenvalue weighted by atomic mass is 9.96. The van der Waals surface area contributed by atoms with Crippen molar-refractivity contribution in [2.24, 2.45) is 5.92 Å². The molecule has 1 N–H and O–H groups in total. The first-order chi connectivity index (χ1) is 8.70. The number of hydrogen-bond acceptors (Lipinski definition) is 4. The Morgan fingerprint density at radius 2 is 2.28 bits per heavy atom. The van der Waals surface area contributed by atoms with Crippen LogP contribution in [0.25, 0.3) is 0 Å². The molecule has 1 amide bonds. The molecular formula is C13H21N3O2. The number of carbonyl (C=O) groups is 1. The van der Waals surface area contributed by atoms with Crippen LogP contribution < -0.4 is 5.32 Å². The van der Waals surface area contributed by atoms with E-state index in [1.165, 1.54) is 0 Å². The van der Waals surface area contributed by atoms with Crippen LogP contribution in [0.3, 0.4) is 0 Å². The molecule has 0 atom stereocenters. The molecule has 1 aliphatic heterocycles. The molecule has 2 heterocycles. The fourth-order valence-corrected chi connectivity index (χ4v) is 2.31. The second kappa shape index (κ2) is 6.00. The zero-order valence-corrected chi connectivity index (χ0v) is 11.1. The molecule has 1 aliphatic rings. The van der Waals surface area contributed by atoms with Crippen molar-refractivity contribution in [3.05, 3.63) is 17.5 Å². The summed E-state index contributed by atoms with van der Waals surface area (Å²) < 4.78 is 5.02. The van der Waals surface area contributed by atoms with Crippen molar-refractivity contribution >= 4 is 5.91 Å². The highest BCUT2D eigenvalue weighted by atomic mass is 16.5. The molecule has 0 bridgehead atoms. The Hall–Kier alpha value is -1.36. The molecule has 0 unspecified atom stereocenters. The molecule has 1 aromatic rings. The minimum atomic E-state index is -0.0301. The van der Waals surface area contributed by atoms with E-state index in [0.717, 1.165) is 44.7 Å². The smallest absolute Gasteiger partial charge is 0.292 e. The van der Waals surface area contributed by atoms with Gasteiger partial charge in [0.05, 0.1) is 5.69 Å². The third kappa shape index (κ3) is 3.10. The maximum Gasteiger partial charge on any atom is 0.292 e. The van der Waals surface area contributed by atoms with E-state index in [2.05, 4.69) is 17.4 Å². The molecule has 0 aromatic carbocycles. The number of rotatable bonds is 4. The minimum Gasteiger partial charge on any atom is -0.351 e. The number of aromatic nitrogens is 1. The molecule has 1 fully saturated rings. The van der Waals surface area contributed by atoms with Gasteiger partial charge in [0.15, 0.2) is 0 Å². The lowest BCUT2D eigenvalue weighted by Crippen LogP contribution is -2.40. The van der Waals surface area contributed by atoms with Gasteiger partial charge in [0.1, 0.15) is 0 Å². The van der Waals surface area contributed by atoms with Crippen LogP contribution in [0.2, 0.25) is 0 Å². The van der Waals surface area contributed by atoms with Crippen LogP contribution in [0.5, 0.6) is 0 Å². The summed E-state index contributed by atoms with van der Waals surface area (Å²) >= 11 is 0. The molecule has 0 aliphatic carbocycles. The SMILES string of the molecule is CCNCC1CCN(C(=O)c2cc(C)no2)CC1. The van der Waals surface area contributed by atoms with Crippen LogP contribution in [-0.2, 0) is 0 Å². The molecule has 5 heteroatoms. The molecule has 5 nitrogen and oxygen atoms in total. The number of nitrogens with zero attached hydrogens (tertiary/aromatic N) is 2. The van der Waals surface area contributed by atoms with Crippen molar-refractivity contribution in [3.8, 4) is 0 Å². The van der Waals surface area contributed by atoms with Crippen molar-refractivity contribution in [3.63, 3.8) is 0 Å². The molecule has 0 spiro atoms. The maximum atomic E-state index is 12.1. The molecular weight excluding hydrogens is 230 g/mol. The van der Waals surface area contributed by atoms with Crippen LogP contribution in [0.15, 0.2) is 10.6 Å². The quantitative estimate of drug-likeness (QED) is 0.880. The molecule has 0 radical (unpaired) electrons. The topological polar surface area (TPSA) is 58.4 Å². The van der Waals surface area contributed by atoms with E-state index in [9.17, 15) is 4.79 Å². The van der Waals surface area contributed by atoms with Crippen molar-refractivity contribution in [2.45, 2.75) is 26.7 Å². The highest BCUT2D eigenvalue weighted by molar-refractivity contribution is 5.91. The average Bonchev–Trinajstić information content (AvgIpc) is 2.83. The zero-order valence-electron chi connectivity index (χ0n) is 11.1. The van der Waals surface area contributed by atoms with Crippen molar-refractivity contribution in [1.82, 2.24) is 15.4 Å². The van der Waals surface area contributed by atoms with E-state index in [0.29, 0.717) is 11.7 Å². The Morgan fingerprint density at radius 1 is 1.56 bits per heavy atom. The second-order valence-electron chi connectivity index (χ2n) is 4.88. The van der Waals surface area contributed by atoms with Gasteiger partial charge in [-0.15, -0.1) is 0 Å². The monoisotopic (exact) mass is 251 g/mol. The Balaban J connectivity index is 1.84. The summed E-state index contributed by atoms with van der Waals surface area (Å²) in [7, 11) is 0. The number of amides is 1. The first kappa shape index (κ1) is 13.1. The summed E-state index contributed by atoms with van der Waals surface area (Å²) in [5.74, 6) is 1.01. The number of aryl methyl sites for hydroxylation is 1. The maximum absolute atomic E-state index is 12.1. The highest BCUT2D eigenvalue weighted by Crippen LogP contribution is 2.18. The lowest BCUT2D eigenvalue weighted by Gasteiger charge is -2.31. The van der Waals surface area contributed by atoms with Gasteiger partial charge in [0, 0.05) is 19.2 Å². The van der Waals surface area contributed by atoms with Crippen molar-refractivity contribution < 1.29 is 9.32 Å². The molecule has 1 saturated heterocycles. The molecule has 1 aromatic heterocycles. The van der Waals surface area contributed by atoms with Crippen LogP contribution >= 0.6 is 0 Å². The first-order valence-corrected chi connectivity index (χ1v) is 6.64. The first-order valence-electron chi connectivity index (χ1n) is 6.64. The van der Waals surface area contributed by atoms with Crippen LogP contribution in [-0.4, -0.2) is 42.1 Å². The van der Waals surface area contributed by atoms with Crippen LogP contribution in [0.4, 0.5) is 0 Å². The lowest BCUT2D eigenvalue weighted by molar-refractivity contribution is 0.0648. The number of carbonyl (C=O) groups excluding carboxylic acids is 1. The normalized spacial score (nSPS) is 17.1. The predicted octanol–water partition coefficient (Wildman–Crippen LogP) is 1.44. The Labute approximate surface area is 108 Å². The number of piperidine rings is 1. The molecule has 0 saturated carbocycles. The van der Waals surface area contributed by atoms with E-state index < -0.39 is 0 Å². The molecule has 100 valence electrons. The van der Waals surface area contributed by atoms with Gasteiger partial charge in [0.25, 0.3) is 5.91 Å². The van der Waals surface area contributed by atoms with Gasteiger partial charge < -0.3 is 14.7 Å². The van der Waals surface area contributed by atoms with E-state index in [4.69, 9.17) is 4.52 Å². The molecule has 2 rings (SSSR count). The number of hydrogen-bond donors (Lipinski definition) is 1. The van der Waals surface area contributed by atoms with E-state index >= 15 is 0 Å². The van der Waals surface area contributed by atoms with Gasteiger partial charge in [0.2, 0.25) is 5.76 Å². The largest absolute Gasteiger partial charge is 0.351 e. The van der Waals surface area contributed by atoms with Crippen molar-refractivity contribution in [2.75, 3.05) is 26.2 Å². The van der Waals surface area contributed by atoms with Crippen LogP contribution in [0.1, 0.15) is 36.0 Å². The zero-order chi connectivity index (χ0) is 13.0. The summed E-state index contributed by atoms with van der Waals surface area (Å²) in [6.07, 6.45) is 2.12. The number of nitrogens with one attached hydrogen (secondary N) is 1. The van der Waals surface area contributed by atoms with Crippen LogP contribution in [0, 0.1) is 12.8 Å². The van der Waals surface area contributed by atoms with E-state index in [1.54, 1.807) is 6.07 Å². The van der Waals surface area contributed by atoms with Gasteiger partial charge in [-0.2, -0.15) is 0 Å². The van der Waals surface area contributed by atoms with Gasteiger partial charge in [-0.1, -0.05) is 12.1 Å². The second-order valence-corrected chi connectivity index (χ2v) is 4.88. The predicted molar refractivity (Wildman–Crippen MR) is 68.4 cm³/mol. The summed E-state index contributed by atoms with van der Waals surface area (Å²) in [6, 6.07) is 1.70. The van der Waals surface area contributed by atoms with Gasteiger partial charge >= 0.3 is 0 Å². The van der Waals surface area contributed by atoms with Gasteiger partial charge in [-0.25, -0.2) is 0 Å². The summed E-state index contributed by atoms with van der Waals surface area (Å²) in [5, 5.41) is 7.12. The fraction of sp³-hybridized carbons (Fsp3) is 0.692. The Bertz CT molecular complexity index is 395. The third-order valence-electron chi connectivity index (χ3n) is 3.42. The van der Waals surface area contributed by atoms with E-state index in [1.807, 2.05) is 11.8 Å². The average molecular weight is 251 g/mol. The third-order valence-corrected chi connectivity index (χ3v) is 3.42. The standard InChI is InChI=1S/C13H21N3O2/c1-3-14-9-11-4-6-16(7-5-11)13(17)12-8-10(2)15-18-12/h8,11,14H,3-7,9H2,1-2H3. The van der Waals surface area contributed by atoms with Crippen molar-refractivity contribution in [1.29, 1.82) is 0 Å². The molecule has 18 heavy (non-hydrogen) atoms. The summed E-state index contributed by atoms with van der Waals surface area (Å²) in [5.41, 5.74) is 0.750. The van der Waals surface area contributed by atoms with E-state index in [-0.39, 0.29) is 5.91 Å². The number of likely N-dealkylation sites (tertiary alicyclic amines) is 1. The summed E-state index contributed by atoms with van der Waals surface area (Å²) in [4.78, 5) is 14.0.